The van der Waals surface area contributed by atoms with Gasteiger partial charge in [0.2, 0.25) is 0 Å². The van der Waals surface area contributed by atoms with Gasteiger partial charge in [-0.2, -0.15) is 0 Å². The molecule has 0 spiro atoms. The second-order valence-electron chi connectivity index (χ2n) is 2.69. The number of aliphatic hydroxyl groups is 1. The zero-order valence-electron chi connectivity index (χ0n) is 5.58. The summed E-state index contributed by atoms with van der Waals surface area (Å²) in [7, 11) is 5.52. The molecule has 1 aliphatic rings. The molecule has 1 atom stereocenters. The lowest BCUT2D eigenvalue weighted by Crippen LogP contribution is -2.34. The third kappa shape index (κ3) is 1.99. The molecule has 0 aliphatic carbocycles. The van der Waals surface area contributed by atoms with Gasteiger partial charge in [-0.15, -0.1) is 0 Å². The van der Waals surface area contributed by atoms with E-state index in [1.807, 2.05) is 0 Å². The van der Waals surface area contributed by atoms with Crippen LogP contribution in [0.25, 0.3) is 0 Å². The molecule has 1 aliphatic heterocycles. The molecule has 1 saturated heterocycles. The Morgan fingerprint density at radius 1 is 1.67 bits per heavy atom. The topological polar surface area (TPSA) is 23.5 Å². The van der Waals surface area contributed by atoms with Gasteiger partial charge in [0.15, 0.2) is 7.98 Å². The molecular weight excluding hydrogens is 113 g/mol. The fraction of sp³-hybridized carbons (Fsp3) is 1.00. The Balaban J connectivity index is 2.23. The van der Waals surface area contributed by atoms with Crippen LogP contribution in [0.2, 0.25) is 0 Å². The van der Waals surface area contributed by atoms with Crippen LogP contribution >= 0.6 is 0 Å². The second-order valence-corrected chi connectivity index (χ2v) is 2.69. The molecule has 1 unspecified atom stereocenters. The van der Waals surface area contributed by atoms with Crippen molar-refractivity contribution in [2.75, 3.05) is 19.7 Å². The Morgan fingerprint density at radius 2 is 2.44 bits per heavy atom. The minimum atomic E-state index is 0.285. The third-order valence-corrected chi connectivity index (χ3v) is 1.81. The van der Waals surface area contributed by atoms with E-state index in [-0.39, 0.29) is 6.61 Å². The molecule has 0 amide bonds. The summed E-state index contributed by atoms with van der Waals surface area (Å²) in [6, 6.07) is 0. The van der Waals surface area contributed by atoms with E-state index in [2.05, 4.69) is 0 Å². The molecule has 1 rings (SSSR count). The molecule has 0 saturated carbocycles. The predicted octanol–water partition coefficient (Wildman–Crippen LogP) is -0.226. The van der Waals surface area contributed by atoms with E-state index < -0.39 is 0 Å². The lowest BCUT2D eigenvalue weighted by Gasteiger charge is -2.28. The van der Waals surface area contributed by atoms with E-state index in [1.54, 1.807) is 4.81 Å². The highest BCUT2D eigenvalue weighted by atomic mass is 16.3. The maximum atomic E-state index is 8.73. The van der Waals surface area contributed by atoms with Crippen molar-refractivity contribution in [3.05, 3.63) is 0 Å². The quantitative estimate of drug-likeness (QED) is 0.489. The van der Waals surface area contributed by atoms with Crippen LogP contribution in [0.3, 0.4) is 0 Å². The predicted molar refractivity (Wildman–Crippen MR) is 37.1 cm³/mol. The van der Waals surface area contributed by atoms with Gasteiger partial charge in [-0.25, -0.2) is 0 Å². The zero-order chi connectivity index (χ0) is 6.69. The van der Waals surface area contributed by atoms with Crippen LogP contribution in [0, 0.1) is 5.92 Å². The van der Waals surface area contributed by atoms with Gasteiger partial charge >= 0.3 is 0 Å². The fourth-order valence-corrected chi connectivity index (χ4v) is 1.25. The summed E-state index contributed by atoms with van der Waals surface area (Å²) < 4.78 is 0. The summed E-state index contributed by atoms with van der Waals surface area (Å²) >= 11 is 0. The van der Waals surface area contributed by atoms with Crippen LogP contribution < -0.4 is 0 Å². The van der Waals surface area contributed by atoms with Crippen molar-refractivity contribution < 1.29 is 5.11 Å². The average Bonchev–Trinajstić information content (AvgIpc) is 1.88. The molecule has 0 bridgehead atoms. The normalized spacial score (nSPS) is 30.6. The highest BCUT2D eigenvalue weighted by Crippen LogP contribution is 2.12. The van der Waals surface area contributed by atoms with Crippen molar-refractivity contribution in [2.24, 2.45) is 5.92 Å². The Hall–Kier alpha value is -0.0151. The number of nitrogens with zero attached hydrogens (tertiary/aromatic N) is 1. The fourth-order valence-electron chi connectivity index (χ4n) is 1.25. The van der Waals surface area contributed by atoms with Gasteiger partial charge in [-0.1, -0.05) is 0 Å². The van der Waals surface area contributed by atoms with Crippen molar-refractivity contribution in [3.8, 4) is 0 Å². The van der Waals surface area contributed by atoms with Crippen molar-refractivity contribution >= 4 is 7.98 Å². The Labute approximate surface area is 57.3 Å². The summed E-state index contributed by atoms with van der Waals surface area (Å²) in [5.74, 6) is 0.420. The van der Waals surface area contributed by atoms with E-state index in [1.165, 1.54) is 0 Å². The highest BCUT2D eigenvalue weighted by molar-refractivity contribution is 6.04. The van der Waals surface area contributed by atoms with E-state index >= 15 is 0 Å². The van der Waals surface area contributed by atoms with E-state index in [0.29, 0.717) is 5.92 Å². The minimum absolute atomic E-state index is 0.285. The minimum Gasteiger partial charge on any atom is -0.396 e. The van der Waals surface area contributed by atoms with Gasteiger partial charge in [0, 0.05) is 6.61 Å². The average molecular weight is 125 g/mol. The van der Waals surface area contributed by atoms with Gasteiger partial charge in [-0.3, -0.25) is 0 Å². The van der Waals surface area contributed by atoms with Crippen molar-refractivity contribution in [1.29, 1.82) is 0 Å². The van der Waals surface area contributed by atoms with E-state index in [0.717, 1.165) is 25.9 Å². The van der Waals surface area contributed by atoms with Crippen molar-refractivity contribution in [1.82, 2.24) is 4.81 Å². The summed E-state index contributed by atoms with van der Waals surface area (Å²) in [6.45, 7) is 2.13. The second kappa shape index (κ2) is 3.23. The van der Waals surface area contributed by atoms with Crippen LogP contribution in [0.4, 0.5) is 0 Å². The van der Waals surface area contributed by atoms with Crippen LogP contribution in [-0.4, -0.2) is 37.6 Å². The molecule has 3 heteroatoms. The number of piperidine rings is 1. The van der Waals surface area contributed by atoms with E-state index in [4.69, 9.17) is 13.1 Å². The molecule has 9 heavy (non-hydrogen) atoms. The van der Waals surface area contributed by atoms with Gasteiger partial charge < -0.3 is 9.92 Å². The van der Waals surface area contributed by atoms with Crippen molar-refractivity contribution in [2.45, 2.75) is 12.8 Å². The first-order chi connectivity index (χ1) is 4.33. The van der Waals surface area contributed by atoms with Gasteiger partial charge in [0.25, 0.3) is 0 Å². The number of hydrogen-bond donors (Lipinski definition) is 1. The summed E-state index contributed by atoms with van der Waals surface area (Å²) in [5.41, 5.74) is 0. The van der Waals surface area contributed by atoms with Crippen LogP contribution in [0.5, 0.6) is 0 Å². The van der Waals surface area contributed by atoms with Crippen LogP contribution in [-0.2, 0) is 0 Å². The number of hydrogen-bond acceptors (Lipinski definition) is 2. The number of rotatable bonds is 1. The van der Waals surface area contributed by atoms with Gasteiger partial charge in [0.1, 0.15) is 0 Å². The Bertz CT molecular complexity index is 89.1. The summed E-state index contributed by atoms with van der Waals surface area (Å²) in [6.07, 6.45) is 2.26. The molecule has 50 valence electrons. The maximum Gasteiger partial charge on any atom is 0.182 e. The maximum absolute atomic E-state index is 8.73. The third-order valence-electron chi connectivity index (χ3n) is 1.81. The molecule has 0 aromatic carbocycles. The van der Waals surface area contributed by atoms with Crippen LogP contribution in [0.1, 0.15) is 12.8 Å². The molecule has 0 aromatic heterocycles. The highest BCUT2D eigenvalue weighted by Gasteiger charge is 2.14. The first kappa shape index (κ1) is 7.10. The first-order valence-electron chi connectivity index (χ1n) is 3.43. The number of aliphatic hydroxyl groups excluding tert-OH is 1. The largest absolute Gasteiger partial charge is 0.396 e. The summed E-state index contributed by atoms with van der Waals surface area (Å²) in [4.78, 5) is 1.78. The molecule has 0 aromatic rings. The molecular formula is C6H12BNO. The standard InChI is InChI=1S/C6H12BNO/c7-8-3-1-2-6(4-8)5-9/h6,9H,1-5H2. The monoisotopic (exact) mass is 125 g/mol. The van der Waals surface area contributed by atoms with Crippen LogP contribution in [0.15, 0.2) is 0 Å². The Kier molecular flexibility index (Phi) is 2.55. The lowest BCUT2D eigenvalue weighted by atomic mass is 9.97. The smallest absolute Gasteiger partial charge is 0.182 e. The summed E-state index contributed by atoms with van der Waals surface area (Å²) in [5, 5.41) is 8.73. The molecule has 1 N–H and O–H groups in total. The zero-order valence-corrected chi connectivity index (χ0v) is 5.58. The molecule has 2 nitrogen and oxygen atoms in total. The van der Waals surface area contributed by atoms with Crippen molar-refractivity contribution in [3.63, 3.8) is 0 Å². The lowest BCUT2D eigenvalue weighted by molar-refractivity contribution is 0.167. The SMILES string of the molecule is [B]N1CCCC(CO)C1. The van der Waals surface area contributed by atoms with Gasteiger partial charge in [-0.05, 0) is 31.8 Å². The molecule has 1 fully saturated rings. The Morgan fingerprint density at radius 3 is 2.89 bits per heavy atom. The van der Waals surface area contributed by atoms with E-state index in [9.17, 15) is 0 Å². The molecule has 1 heterocycles. The molecule has 2 radical (unpaired) electrons. The first-order valence-corrected chi connectivity index (χ1v) is 3.43. The van der Waals surface area contributed by atoms with Gasteiger partial charge in [0.05, 0.1) is 0 Å².